The number of rotatable bonds is 2. The van der Waals surface area contributed by atoms with Crippen molar-refractivity contribution in [1.29, 1.82) is 5.26 Å². The van der Waals surface area contributed by atoms with Gasteiger partial charge in [-0.1, -0.05) is 15.9 Å². The molecular weight excluding hydrogens is 344 g/mol. The molecule has 7 heteroatoms. The molecule has 0 atom stereocenters. The van der Waals surface area contributed by atoms with Crippen molar-refractivity contribution in [1.82, 2.24) is 0 Å². The fraction of sp³-hybridized carbons (Fsp3) is 0. The Labute approximate surface area is 127 Å². The van der Waals surface area contributed by atoms with E-state index in [1.54, 1.807) is 6.07 Å². The van der Waals surface area contributed by atoms with Crippen molar-refractivity contribution in [3.05, 3.63) is 57.6 Å². The highest BCUT2D eigenvalue weighted by atomic mass is 79.9. The molecule has 0 heterocycles. The van der Waals surface area contributed by atoms with Crippen molar-refractivity contribution in [2.24, 2.45) is 0 Å². The van der Waals surface area contributed by atoms with Gasteiger partial charge in [-0.2, -0.15) is 5.26 Å². The van der Waals surface area contributed by atoms with Crippen LogP contribution in [0.3, 0.4) is 0 Å². The Hall–Kier alpha value is -2.46. The molecule has 0 aliphatic heterocycles. The molecule has 3 N–H and O–H groups in total. The summed E-state index contributed by atoms with van der Waals surface area (Å²) in [6.07, 6.45) is 0. The second-order valence-corrected chi connectivity index (χ2v) is 5.03. The molecule has 106 valence electrons. The predicted molar refractivity (Wildman–Crippen MR) is 77.6 cm³/mol. The zero-order valence-corrected chi connectivity index (χ0v) is 12.0. The van der Waals surface area contributed by atoms with Crippen LogP contribution in [-0.2, 0) is 0 Å². The molecule has 0 fully saturated rings. The molecule has 0 aromatic heterocycles. The van der Waals surface area contributed by atoms with E-state index in [4.69, 9.17) is 11.0 Å². The lowest BCUT2D eigenvalue weighted by Gasteiger charge is -2.09. The van der Waals surface area contributed by atoms with Crippen LogP contribution in [0.2, 0.25) is 0 Å². The molecule has 2 aromatic rings. The number of carbonyl (C=O) groups is 1. The van der Waals surface area contributed by atoms with Crippen molar-refractivity contribution < 1.29 is 13.6 Å². The third-order valence-corrected chi connectivity index (χ3v) is 3.15. The van der Waals surface area contributed by atoms with E-state index < -0.39 is 28.8 Å². The van der Waals surface area contributed by atoms with E-state index >= 15 is 0 Å². The molecule has 0 saturated carbocycles. The minimum Gasteiger partial charge on any atom is -0.396 e. The minimum absolute atomic E-state index is 0.183. The van der Waals surface area contributed by atoms with E-state index in [1.807, 2.05) is 6.07 Å². The van der Waals surface area contributed by atoms with Gasteiger partial charge in [0, 0.05) is 4.47 Å². The van der Waals surface area contributed by atoms with Crippen LogP contribution in [0.15, 0.2) is 34.8 Å². The summed E-state index contributed by atoms with van der Waals surface area (Å²) in [6.45, 7) is 0. The molecule has 0 spiro atoms. The highest BCUT2D eigenvalue weighted by Crippen LogP contribution is 2.23. The van der Waals surface area contributed by atoms with Crippen molar-refractivity contribution >= 4 is 33.2 Å². The maximum absolute atomic E-state index is 13.8. The number of anilines is 2. The summed E-state index contributed by atoms with van der Waals surface area (Å²) in [7, 11) is 0. The number of hydrogen-bond donors (Lipinski definition) is 2. The number of halogens is 3. The quantitative estimate of drug-likeness (QED) is 0.813. The number of nitrogens with zero attached hydrogens (tertiary/aromatic N) is 1. The van der Waals surface area contributed by atoms with Gasteiger partial charge in [-0.05, 0) is 30.3 Å². The lowest BCUT2D eigenvalue weighted by molar-refractivity contribution is 0.102. The van der Waals surface area contributed by atoms with Crippen LogP contribution in [0, 0.1) is 23.0 Å². The van der Waals surface area contributed by atoms with Crippen LogP contribution in [0.25, 0.3) is 0 Å². The second kappa shape index (κ2) is 5.89. The van der Waals surface area contributed by atoms with Crippen LogP contribution in [0.5, 0.6) is 0 Å². The topological polar surface area (TPSA) is 78.9 Å². The van der Waals surface area contributed by atoms with Gasteiger partial charge in [0.05, 0.1) is 22.5 Å². The van der Waals surface area contributed by atoms with E-state index in [0.29, 0.717) is 4.47 Å². The van der Waals surface area contributed by atoms with Gasteiger partial charge < -0.3 is 11.1 Å². The Balaban J connectivity index is 2.38. The number of nitrogen functional groups attached to an aromatic ring is 1. The summed E-state index contributed by atoms with van der Waals surface area (Å²) in [4.78, 5) is 12.0. The summed E-state index contributed by atoms with van der Waals surface area (Å²) < 4.78 is 27.6. The van der Waals surface area contributed by atoms with Crippen molar-refractivity contribution in [2.45, 2.75) is 0 Å². The number of hydrogen-bond acceptors (Lipinski definition) is 3. The third kappa shape index (κ3) is 3.17. The van der Waals surface area contributed by atoms with Gasteiger partial charge in [-0.25, -0.2) is 8.78 Å². The normalized spacial score (nSPS) is 10.0. The van der Waals surface area contributed by atoms with Crippen LogP contribution >= 0.6 is 15.9 Å². The first kappa shape index (κ1) is 14.9. The van der Waals surface area contributed by atoms with E-state index in [1.165, 1.54) is 12.1 Å². The molecule has 1 amide bonds. The fourth-order valence-electron chi connectivity index (χ4n) is 1.68. The van der Waals surface area contributed by atoms with Crippen molar-refractivity contribution in [3.63, 3.8) is 0 Å². The molecule has 2 aromatic carbocycles. The maximum Gasteiger partial charge on any atom is 0.258 e. The standard InChI is InChI=1S/C14H8BrF2N3O/c15-8-1-2-12(7(3-8)6-18)20-14(21)10-4-9(16)5-11(19)13(10)17/h1-5H,19H2,(H,20,21). The highest BCUT2D eigenvalue weighted by molar-refractivity contribution is 9.10. The van der Waals surface area contributed by atoms with Gasteiger partial charge in [0.2, 0.25) is 0 Å². The van der Waals surface area contributed by atoms with Gasteiger partial charge in [0.15, 0.2) is 5.82 Å². The smallest absolute Gasteiger partial charge is 0.258 e. The van der Waals surface area contributed by atoms with Crippen molar-refractivity contribution in [3.8, 4) is 6.07 Å². The first-order valence-corrected chi connectivity index (χ1v) is 6.47. The average molecular weight is 352 g/mol. The van der Waals surface area contributed by atoms with Gasteiger partial charge in [-0.15, -0.1) is 0 Å². The van der Waals surface area contributed by atoms with E-state index in [0.717, 1.165) is 12.1 Å². The van der Waals surface area contributed by atoms with Gasteiger partial charge in [-0.3, -0.25) is 4.79 Å². The van der Waals surface area contributed by atoms with Crippen molar-refractivity contribution in [2.75, 3.05) is 11.1 Å². The minimum atomic E-state index is -1.01. The fourth-order valence-corrected chi connectivity index (χ4v) is 2.04. The molecular formula is C14H8BrF2N3O. The third-order valence-electron chi connectivity index (χ3n) is 2.66. The SMILES string of the molecule is N#Cc1cc(Br)ccc1NC(=O)c1cc(F)cc(N)c1F. The Morgan fingerprint density at radius 3 is 2.67 bits per heavy atom. The first-order chi connectivity index (χ1) is 9.92. The largest absolute Gasteiger partial charge is 0.396 e. The number of nitrogens with two attached hydrogens (primary N) is 1. The summed E-state index contributed by atoms with van der Waals surface area (Å²) in [5, 5.41) is 11.3. The lowest BCUT2D eigenvalue weighted by Crippen LogP contribution is -2.16. The molecule has 0 unspecified atom stereocenters. The van der Waals surface area contributed by atoms with Gasteiger partial charge in [0.25, 0.3) is 5.91 Å². The van der Waals surface area contributed by atoms with Crippen LogP contribution in [-0.4, -0.2) is 5.91 Å². The summed E-state index contributed by atoms with van der Waals surface area (Å²) >= 11 is 3.19. The molecule has 21 heavy (non-hydrogen) atoms. The van der Waals surface area contributed by atoms with Crippen LogP contribution in [0.1, 0.15) is 15.9 Å². The van der Waals surface area contributed by atoms with Gasteiger partial charge >= 0.3 is 0 Å². The zero-order valence-electron chi connectivity index (χ0n) is 10.5. The second-order valence-electron chi connectivity index (χ2n) is 4.11. The Kier molecular flexibility index (Phi) is 4.19. The Morgan fingerprint density at radius 1 is 1.29 bits per heavy atom. The Bertz CT molecular complexity index is 772. The molecule has 0 aliphatic carbocycles. The summed E-state index contributed by atoms with van der Waals surface area (Å²) in [6, 6.07) is 7.99. The highest BCUT2D eigenvalue weighted by Gasteiger charge is 2.17. The predicted octanol–water partition coefficient (Wildman–Crippen LogP) is 3.43. The molecule has 0 saturated heterocycles. The molecule has 4 nitrogen and oxygen atoms in total. The van der Waals surface area contributed by atoms with Crippen LogP contribution in [0.4, 0.5) is 20.2 Å². The monoisotopic (exact) mass is 351 g/mol. The van der Waals surface area contributed by atoms with E-state index in [9.17, 15) is 13.6 Å². The zero-order chi connectivity index (χ0) is 15.6. The number of amides is 1. The number of nitrogens with one attached hydrogen (secondary N) is 1. The number of carbonyl (C=O) groups excluding carboxylic acids is 1. The van der Waals surface area contributed by atoms with E-state index in [2.05, 4.69) is 21.2 Å². The molecule has 0 bridgehead atoms. The van der Waals surface area contributed by atoms with Crippen LogP contribution < -0.4 is 11.1 Å². The molecule has 0 aliphatic rings. The van der Waals surface area contributed by atoms with Gasteiger partial charge in [0.1, 0.15) is 11.9 Å². The average Bonchev–Trinajstić information content (AvgIpc) is 2.44. The number of nitriles is 1. The maximum atomic E-state index is 13.8. The van der Waals surface area contributed by atoms with E-state index in [-0.39, 0.29) is 11.3 Å². The Morgan fingerprint density at radius 2 is 2.00 bits per heavy atom. The summed E-state index contributed by atoms with van der Waals surface area (Å²) in [5.41, 5.74) is 4.66. The molecule has 0 radical (unpaired) electrons. The molecule has 2 rings (SSSR count). The number of benzene rings is 2. The summed E-state index contributed by atoms with van der Waals surface area (Å²) in [5.74, 6) is -2.72. The first-order valence-electron chi connectivity index (χ1n) is 5.68. The lowest BCUT2D eigenvalue weighted by atomic mass is 10.1.